The van der Waals surface area contributed by atoms with E-state index in [9.17, 15) is 0 Å². The van der Waals surface area contributed by atoms with Gasteiger partial charge in [-0.15, -0.1) is 11.3 Å². The lowest BCUT2D eigenvalue weighted by Gasteiger charge is -2.33. The molecule has 0 saturated carbocycles. The third-order valence-electron chi connectivity index (χ3n) is 4.36. The second-order valence-corrected chi connectivity index (χ2v) is 6.92. The fraction of sp³-hybridized carbons (Fsp3) is 0.353. The summed E-state index contributed by atoms with van der Waals surface area (Å²) in [6, 6.07) is 6.29. The Hall–Kier alpha value is -2.25. The molecule has 0 bridgehead atoms. The van der Waals surface area contributed by atoms with Gasteiger partial charge < -0.3 is 15.1 Å². The monoisotopic (exact) mass is 340 g/mol. The zero-order valence-electron chi connectivity index (χ0n) is 13.6. The number of nitrogens with one attached hydrogen (secondary N) is 1. The maximum absolute atomic E-state index is 4.54. The molecule has 0 aliphatic carbocycles. The summed E-state index contributed by atoms with van der Waals surface area (Å²) in [6.07, 6.45) is 3.51. The normalized spacial score (nSPS) is 15.8. The quantitative estimate of drug-likeness (QED) is 0.787. The van der Waals surface area contributed by atoms with Crippen LogP contribution in [0.15, 0.2) is 36.1 Å². The van der Waals surface area contributed by atoms with Crippen molar-refractivity contribution < 1.29 is 0 Å². The average molecular weight is 340 g/mol. The van der Waals surface area contributed by atoms with Crippen molar-refractivity contribution in [2.45, 2.75) is 6.54 Å². The molecule has 4 rings (SSSR count). The van der Waals surface area contributed by atoms with Crippen molar-refractivity contribution in [2.24, 2.45) is 0 Å². The molecule has 0 amide bonds. The maximum Gasteiger partial charge on any atom is 0.138 e. The summed E-state index contributed by atoms with van der Waals surface area (Å²) in [6.45, 7) is 4.96. The lowest BCUT2D eigenvalue weighted by molar-refractivity contribution is 0.312. The highest BCUT2D eigenvalue weighted by Crippen LogP contribution is 2.24. The number of piperazine rings is 1. The van der Waals surface area contributed by atoms with Gasteiger partial charge in [0, 0.05) is 38.9 Å². The van der Waals surface area contributed by atoms with Gasteiger partial charge in [0.05, 0.1) is 5.39 Å². The maximum atomic E-state index is 4.54. The number of nitrogens with zero attached hydrogens (tertiary/aromatic N) is 5. The van der Waals surface area contributed by atoms with Crippen LogP contribution < -0.4 is 10.2 Å². The topological polar surface area (TPSA) is 57.2 Å². The summed E-state index contributed by atoms with van der Waals surface area (Å²) < 4.78 is 0. The minimum Gasteiger partial charge on any atom is -0.365 e. The Morgan fingerprint density at radius 2 is 2.00 bits per heavy atom. The molecule has 0 atom stereocenters. The Kier molecular flexibility index (Phi) is 4.27. The van der Waals surface area contributed by atoms with Crippen LogP contribution in [0, 0.1) is 0 Å². The van der Waals surface area contributed by atoms with Crippen molar-refractivity contribution in [2.75, 3.05) is 43.4 Å². The molecule has 0 aromatic carbocycles. The number of pyridine rings is 1. The summed E-state index contributed by atoms with van der Waals surface area (Å²) in [7, 11) is 2.16. The van der Waals surface area contributed by atoms with Gasteiger partial charge in [-0.05, 0) is 36.2 Å². The van der Waals surface area contributed by atoms with Gasteiger partial charge in [-0.3, -0.25) is 0 Å². The van der Waals surface area contributed by atoms with Crippen LogP contribution in [0.4, 0.5) is 11.6 Å². The SMILES string of the molecule is CN1CCN(c2cc(CNc3ncnc4sccc34)ccn2)CC1. The van der Waals surface area contributed by atoms with Crippen LogP contribution in [0.1, 0.15) is 5.56 Å². The van der Waals surface area contributed by atoms with Gasteiger partial charge >= 0.3 is 0 Å². The predicted octanol–water partition coefficient (Wildman–Crippen LogP) is 2.45. The first-order chi connectivity index (χ1) is 11.8. The van der Waals surface area contributed by atoms with Crippen LogP contribution in [0.3, 0.4) is 0 Å². The highest BCUT2D eigenvalue weighted by Gasteiger charge is 2.15. The van der Waals surface area contributed by atoms with Crippen LogP contribution in [-0.4, -0.2) is 53.1 Å². The van der Waals surface area contributed by atoms with Crippen molar-refractivity contribution >= 4 is 33.2 Å². The van der Waals surface area contributed by atoms with Crippen molar-refractivity contribution in [3.05, 3.63) is 41.7 Å². The van der Waals surface area contributed by atoms with Crippen LogP contribution >= 0.6 is 11.3 Å². The van der Waals surface area contributed by atoms with Gasteiger partial charge in [-0.1, -0.05) is 0 Å². The van der Waals surface area contributed by atoms with Gasteiger partial charge in [0.1, 0.15) is 22.8 Å². The number of aromatic nitrogens is 3. The third kappa shape index (κ3) is 3.18. The van der Waals surface area contributed by atoms with Crippen molar-refractivity contribution in [1.82, 2.24) is 19.9 Å². The van der Waals surface area contributed by atoms with Gasteiger partial charge in [0.15, 0.2) is 0 Å². The third-order valence-corrected chi connectivity index (χ3v) is 5.18. The van der Waals surface area contributed by atoms with E-state index in [4.69, 9.17) is 0 Å². The summed E-state index contributed by atoms with van der Waals surface area (Å²) in [5, 5.41) is 6.55. The molecule has 1 aliphatic rings. The number of hydrogen-bond donors (Lipinski definition) is 1. The lowest BCUT2D eigenvalue weighted by Crippen LogP contribution is -2.44. The molecule has 1 fully saturated rings. The summed E-state index contributed by atoms with van der Waals surface area (Å²) in [4.78, 5) is 18.9. The Labute approximate surface area is 145 Å². The number of likely N-dealkylation sites (N-methyl/N-ethyl adjacent to an activating group) is 1. The molecule has 0 unspecified atom stereocenters. The van der Waals surface area contributed by atoms with Crippen molar-refractivity contribution in [3.8, 4) is 0 Å². The average Bonchev–Trinajstić information content (AvgIpc) is 3.10. The van der Waals surface area contributed by atoms with Crippen LogP contribution in [0.2, 0.25) is 0 Å². The highest BCUT2D eigenvalue weighted by molar-refractivity contribution is 7.16. The first-order valence-electron chi connectivity index (χ1n) is 8.10. The molecule has 7 heteroatoms. The summed E-state index contributed by atoms with van der Waals surface area (Å²) >= 11 is 1.63. The standard InChI is InChI=1S/C17H20N6S/c1-22-5-7-23(8-6-22)15-10-13(2-4-18-15)11-19-16-14-3-9-24-17(14)21-12-20-16/h2-4,9-10,12H,5-8,11H2,1H3,(H,19,20,21). The second kappa shape index (κ2) is 6.70. The molecular weight excluding hydrogens is 320 g/mol. The van der Waals surface area contributed by atoms with Gasteiger partial charge in [-0.25, -0.2) is 15.0 Å². The van der Waals surface area contributed by atoms with Crippen LogP contribution in [-0.2, 0) is 6.54 Å². The molecule has 124 valence electrons. The van der Waals surface area contributed by atoms with E-state index in [2.05, 4.69) is 55.3 Å². The van der Waals surface area contributed by atoms with E-state index < -0.39 is 0 Å². The fourth-order valence-electron chi connectivity index (χ4n) is 2.90. The molecule has 1 N–H and O–H groups in total. The Balaban J connectivity index is 1.47. The zero-order valence-corrected chi connectivity index (χ0v) is 14.5. The second-order valence-electron chi connectivity index (χ2n) is 6.03. The molecule has 6 nitrogen and oxygen atoms in total. The number of hydrogen-bond acceptors (Lipinski definition) is 7. The Bertz CT molecular complexity index is 825. The molecule has 24 heavy (non-hydrogen) atoms. The lowest BCUT2D eigenvalue weighted by atomic mass is 10.2. The van der Waals surface area contributed by atoms with Crippen molar-refractivity contribution in [1.29, 1.82) is 0 Å². The smallest absolute Gasteiger partial charge is 0.138 e. The summed E-state index contributed by atoms with van der Waals surface area (Å²) in [5.74, 6) is 1.95. The zero-order chi connectivity index (χ0) is 16.4. The fourth-order valence-corrected chi connectivity index (χ4v) is 3.63. The number of fused-ring (bicyclic) bond motifs is 1. The first kappa shape index (κ1) is 15.3. The van der Waals surface area contributed by atoms with E-state index in [-0.39, 0.29) is 0 Å². The van der Waals surface area contributed by atoms with Crippen LogP contribution in [0.5, 0.6) is 0 Å². The minimum atomic E-state index is 0.727. The van der Waals surface area contributed by atoms with E-state index in [0.29, 0.717) is 0 Å². The molecular formula is C17H20N6S. The van der Waals surface area contributed by atoms with E-state index >= 15 is 0 Å². The van der Waals surface area contributed by atoms with Crippen LogP contribution in [0.25, 0.3) is 10.2 Å². The first-order valence-corrected chi connectivity index (χ1v) is 8.98. The Morgan fingerprint density at radius 1 is 1.12 bits per heavy atom. The van der Waals surface area contributed by atoms with E-state index in [1.807, 2.05) is 11.6 Å². The predicted molar refractivity (Wildman–Crippen MR) is 98.7 cm³/mol. The van der Waals surface area contributed by atoms with Crippen molar-refractivity contribution in [3.63, 3.8) is 0 Å². The molecule has 3 aromatic heterocycles. The van der Waals surface area contributed by atoms with E-state index in [1.54, 1.807) is 17.7 Å². The summed E-state index contributed by atoms with van der Waals surface area (Å²) in [5.41, 5.74) is 1.21. The minimum absolute atomic E-state index is 0.727. The molecule has 1 aliphatic heterocycles. The van der Waals surface area contributed by atoms with E-state index in [0.717, 1.165) is 54.6 Å². The number of rotatable bonds is 4. The molecule has 0 radical (unpaired) electrons. The Morgan fingerprint density at radius 3 is 2.88 bits per heavy atom. The molecule has 0 spiro atoms. The molecule has 4 heterocycles. The van der Waals surface area contributed by atoms with Gasteiger partial charge in [0.2, 0.25) is 0 Å². The molecule has 3 aromatic rings. The van der Waals surface area contributed by atoms with Gasteiger partial charge in [0.25, 0.3) is 0 Å². The molecule has 1 saturated heterocycles. The largest absolute Gasteiger partial charge is 0.365 e. The number of anilines is 2. The van der Waals surface area contributed by atoms with E-state index in [1.165, 1.54) is 5.56 Å². The highest BCUT2D eigenvalue weighted by atomic mass is 32.1. The number of thiophene rings is 1. The van der Waals surface area contributed by atoms with Gasteiger partial charge in [-0.2, -0.15) is 0 Å².